The van der Waals surface area contributed by atoms with Gasteiger partial charge in [-0.1, -0.05) is 13.8 Å². The third-order valence-electron chi connectivity index (χ3n) is 2.05. The second-order valence-electron chi connectivity index (χ2n) is 3.32. The van der Waals surface area contributed by atoms with Crippen LogP contribution in [-0.4, -0.2) is 67.2 Å². The van der Waals surface area contributed by atoms with Crippen LogP contribution in [0.3, 0.4) is 0 Å². The number of carbonyl (C=O) groups excluding carboxylic acids is 1. The number of hydrogen-bond donors (Lipinski definition) is 4. The van der Waals surface area contributed by atoms with Crippen molar-refractivity contribution in [1.82, 2.24) is 0 Å². The van der Waals surface area contributed by atoms with Crippen LogP contribution in [0.25, 0.3) is 0 Å². The summed E-state index contributed by atoms with van der Waals surface area (Å²) in [5.41, 5.74) is 0. The zero-order chi connectivity index (χ0) is 13.4. The van der Waals surface area contributed by atoms with Crippen molar-refractivity contribution < 1.29 is 25.2 Å². The van der Waals surface area contributed by atoms with E-state index >= 15 is 0 Å². The Morgan fingerprint density at radius 1 is 1.06 bits per heavy atom. The van der Waals surface area contributed by atoms with E-state index in [0.717, 1.165) is 11.5 Å². The quantitative estimate of drug-likeness (QED) is 0.422. The van der Waals surface area contributed by atoms with E-state index in [1.807, 2.05) is 13.8 Å². The van der Waals surface area contributed by atoms with E-state index in [0.29, 0.717) is 0 Å². The van der Waals surface area contributed by atoms with Crippen LogP contribution in [0.2, 0.25) is 0 Å². The molecule has 0 aromatic rings. The van der Waals surface area contributed by atoms with Gasteiger partial charge in [-0.25, -0.2) is 0 Å². The highest BCUT2D eigenvalue weighted by molar-refractivity contribution is 8.17. The molecule has 7 heteroatoms. The standard InChI is InChI=1S/C10H20O5S2/c1-3-16-10(17-4-2)9(15)8(14)7(13)6(12)5-11/h6-7,9-13,15H,3-5H2,1-2H3/t6-,7+,9-/m1/s1. The van der Waals surface area contributed by atoms with Crippen molar-refractivity contribution >= 4 is 29.3 Å². The molecule has 0 spiro atoms. The first-order valence-corrected chi connectivity index (χ1v) is 7.51. The molecule has 0 unspecified atom stereocenters. The van der Waals surface area contributed by atoms with Crippen LogP contribution >= 0.6 is 23.5 Å². The number of Topliss-reactive ketones (excluding diaryl/α,β-unsaturated/α-hetero) is 1. The molecule has 0 bridgehead atoms. The second-order valence-corrected chi connectivity index (χ2v) is 6.46. The van der Waals surface area contributed by atoms with Crippen molar-refractivity contribution in [3.8, 4) is 0 Å². The number of thioether (sulfide) groups is 2. The second kappa shape index (κ2) is 9.18. The fourth-order valence-electron chi connectivity index (χ4n) is 1.16. The lowest BCUT2D eigenvalue weighted by Gasteiger charge is -2.23. The number of carbonyl (C=O) groups is 1. The predicted octanol–water partition coefficient (Wildman–Crippen LogP) is -0.537. The van der Waals surface area contributed by atoms with Crippen LogP contribution in [-0.2, 0) is 4.79 Å². The number of rotatable bonds is 9. The van der Waals surface area contributed by atoms with Crippen molar-refractivity contribution in [2.24, 2.45) is 0 Å². The lowest BCUT2D eigenvalue weighted by molar-refractivity contribution is -0.142. The fraction of sp³-hybridized carbons (Fsp3) is 0.900. The summed E-state index contributed by atoms with van der Waals surface area (Å²) in [6.07, 6.45) is -4.63. The maximum atomic E-state index is 11.6. The van der Waals surface area contributed by atoms with Gasteiger partial charge in [-0.2, -0.15) is 0 Å². The molecule has 0 amide bonds. The van der Waals surface area contributed by atoms with E-state index in [1.165, 1.54) is 23.5 Å². The third kappa shape index (κ3) is 5.58. The van der Waals surface area contributed by atoms with Crippen molar-refractivity contribution in [1.29, 1.82) is 0 Å². The van der Waals surface area contributed by atoms with Crippen molar-refractivity contribution in [3.63, 3.8) is 0 Å². The Bertz CT molecular complexity index is 221. The van der Waals surface area contributed by atoms with Crippen LogP contribution < -0.4 is 0 Å². The Hall–Kier alpha value is 0.210. The van der Waals surface area contributed by atoms with Gasteiger partial charge in [0.2, 0.25) is 0 Å². The Morgan fingerprint density at radius 3 is 1.88 bits per heavy atom. The highest BCUT2D eigenvalue weighted by atomic mass is 32.2. The first-order valence-electron chi connectivity index (χ1n) is 5.41. The van der Waals surface area contributed by atoms with Crippen LogP contribution in [0.4, 0.5) is 0 Å². The average molecular weight is 284 g/mol. The molecule has 0 heterocycles. The summed E-state index contributed by atoms with van der Waals surface area (Å²) in [4.78, 5) is 11.6. The van der Waals surface area contributed by atoms with E-state index in [-0.39, 0.29) is 4.58 Å². The molecule has 0 aliphatic rings. The summed E-state index contributed by atoms with van der Waals surface area (Å²) in [5, 5.41) is 37.0. The average Bonchev–Trinajstić information content (AvgIpc) is 2.34. The van der Waals surface area contributed by atoms with Gasteiger partial charge in [0, 0.05) is 0 Å². The van der Waals surface area contributed by atoms with Gasteiger partial charge < -0.3 is 20.4 Å². The molecule has 0 saturated carbocycles. The van der Waals surface area contributed by atoms with E-state index < -0.39 is 30.7 Å². The van der Waals surface area contributed by atoms with Gasteiger partial charge in [0.05, 0.1) is 11.2 Å². The van der Waals surface area contributed by atoms with Gasteiger partial charge in [0.15, 0.2) is 5.78 Å². The summed E-state index contributed by atoms with van der Waals surface area (Å²) >= 11 is 2.82. The third-order valence-corrected chi connectivity index (χ3v) is 4.71. The molecule has 3 atom stereocenters. The monoisotopic (exact) mass is 284 g/mol. The minimum absolute atomic E-state index is 0.363. The van der Waals surface area contributed by atoms with E-state index in [2.05, 4.69) is 0 Å². The van der Waals surface area contributed by atoms with Gasteiger partial charge in [0.25, 0.3) is 0 Å². The Balaban J connectivity index is 4.52. The van der Waals surface area contributed by atoms with Crippen LogP contribution in [0, 0.1) is 0 Å². The minimum atomic E-state index is -1.74. The number of aliphatic hydroxyl groups excluding tert-OH is 4. The molecule has 4 N–H and O–H groups in total. The smallest absolute Gasteiger partial charge is 0.194 e. The number of ketones is 1. The number of aliphatic hydroxyl groups is 4. The van der Waals surface area contributed by atoms with Gasteiger partial charge in [0.1, 0.15) is 18.3 Å². The van der Waals surface area contributed by atoms with Crippen LogP contribution in [0.5, 0.6) is 0 Å². The highest BCUT2D eigenvalue weighted by Gasteiger charge is 2.34. The largest absolute Gasteiger partial charge is 0.394 e. The topological polar surface area (TPSA) is 98.0 Å². The lowest BCUT2D eigenvalue weighted by atomic mass is 10.1. The molecule has 102 valence electrons. The summed E-state index contributed by atoms with van der Waals surface area (Å²) in [6, 6.07) is 0. The molecule has 0 fully saturated rings. The maximum absolute atomic E-state index is 11.6. The maximum Gasteiger partial charge on any atom is 0.194 e. The van der Waals surface area contributed by atoms with Gasteiger partial charge in [-0.15, -0.1) is 23.5 Å². The minimum Gasteiger partial charge on any atom is -0.394 e. The molecule has 0 radical (unpaired) electrons. The summed E-state index contributed by atoms with van der Waals surface area (Å²) < 4.78 is -0.363. The molecule has 0 aromatic carbocycles. The first-order chi connectivity index (χ1) is 7.99. The van der Waals surface area contributed by atoms with Crippen molar-refractivity contribution in [2.75, 3.05) is 18.1 Å². The molecule has 0 aliphatic carbocycles. The molecular weight excluding hydrogens is 264 g/mol. The molecule has 0 aromatic heterocycles. The van der Waals surface area contributed by atoms with Crippen LogP contribution in [0.15, 0.2) is 0 Å². The van der Waals surface area contributed by atoms with Gasteiger partial charge in [-0.05, 0) is 11.5 Å². The van der Waals surface area contributed by atoms with Crippen LogP contribution in [0.1, 0.15) is 13.8 Å². The van der Waals surface area contributed by atoms with Crippen molar-refractivity contribution in [3.05, 3.63) is 0 Å². The zero-order valence-electron chi connectivity index (χ0n) is 9.94. The molecule has 5 nitrogen and oxygen atoms in total. The Morgan fingerprint density at radius 2 is 1.53 bits per heavy atom. The molecule has 0 saturated heterocycles. The summed E-state index contributed by atoms with van der Waals surface area (Å²) in [7, 11) is 0. The fourth-order valence-corrected chi connectivity index (χ4v) is 3.65. The van der Waals surface area contributed by atoms with Gasteiger partial charge >= 0.3 is 0 Å². The molecule has 17 heavy (non-hydrogen) atoms. The van der Waals surface area contributed by atoms with E-state index in [9.17, 15) is 15.0 Å². The SMILES string of the molecule is CCSC(SCC)[C@H](O)C(=O)[C@@H](O)[C@H](O)CO. The van der Waals surface area contributed by atoms with E-state index in [4.69, 9.17) is 10.2 Å². The predicted molar refractivity (Wildman–Crippen MR) is 70.2 cm³/mol. The van der Waals surface area contributed by atoms with Gasteiger partial charge in [-0.3, -0.25) is 4.79 Å². The Kier molecular flexibility index (Phi) is 9.29. The summed E-state index contributed by atoms with van der Waals surface area (Å²) in [5.74, 6) is 0.625. The van der Waals surface area contributed by atoms with E-state index in [1.54, 1.807) is 0 Å². The first kappa shape index (κ1) is 17.2. The molecular formula is C10H20O5S2. The molecule has 0 aliphatic heterocycles. The zero-order valence-corrected chi connectivity index (χ0v) is 11.6. The molecule has 0 rings (SSSR count). The summed E-state index contributed by atoms with van der Waals surface area (Å²) in [6.45, 7) is 3.10. The number of hydrogen-bond acceptors (Lipinski definition) is 7. The Labute approximate surface area is 110 Å². The lowest BCUT2D eigenvalue weighted by Crippen LogP contribution is -2.45. The highest BCUT2D eigenvalue weighted by Crippen LogP contribution is 2.27. The van der Waals surface area contributed by atoms with Crippen molar-refractivity contribution in [2.45, 2.75) is 36.7 Å². The normalized spacial score (nSPS) is 16.9.